The van der Waals surface area contributed by atoms with Crippen LogP contribution in [-0.2, 0) is 9.59 Å². The molecule has 8 heteroatoms. The lowest BCUT2D eigenvalue weighted by Crippen LogP contribution is -2.32. The Kier molecular flexibility index (Phi) is 51.4. The first-order valence-electron chi connectivity index (χ1n) is 2.52. The quantitative estimate of drug-likeness (QED) is 0.407. The number of quaternary nitrogens is 3. The van der Waals surface area contributed by atoms with E-state index in [4.69, 9.17) is 5.11 Å². The maximum atomic E-state index is 9.28. The molecule has 0 aliphatic rings. The van der Waals surface area contributed by atoms with Crippen molar-refractivity contribution >= 4 is 11.9 Å². The SMILES string of the molecule is CC[O-].O=C([O-])CC(=O)[O-].[NH4+].[NH4+].[NH4+]. The van der Waals surface area contributed by atoms with E-state index in [1.54, 1.807) is 6.92 Å². The monoisotopic (exact) mass is 201 g/mol. The molecule has 0 saturated heterocycles. The van der Waals surface area contributed by atoms with Gasteiger partial charge in [0.05, 0.1) is 0 Å². The molecule has 0 radical (unpaired) electrons. The van der Waals surface area contributed by atoms with Crippen LogP contribution in [0.15, 0.2) is 0 Å². The predicted molar refractivity (Wildman–Crippen MR) is 43.1 cm³/mol. The van der Waals surface area contributed by atoms with Crippen molar-refractivity contribution in [1.29, 1.82) is 0 Å². The van der Waals surface area contributed by atoms with Gasteiger partial charge in [0.2, 0.25) is 0 Å². The van der Waals surface area contributed by atoms with E-state index in [0.29, 0.717) is 0 Å². The number of rotatable bonds is 2. The molecule has 84 valence electrons. The Hall–Kier alpha value is -1.22. The largest absolute Gasteiger partial charge is 0.855 e. The lowest BCUT2D eigenvalue weighted by atomic mass is 10.5. The van der Waals surface area contributed by atoms with Crippen LogP contribution in [0.5, 0.6) is 0 Å². The van der Waals surface area contributed by atoms with Gasteiger partial charge in [-0.25, -0.2) is 0 Å². The zero-order valence-electron chi connectivity index (χ0n) is 8.46. The first kappa shape index (κ1) is 29.8. The number of hydrogen-bond donors (Lipinski definition) is 3. The normalized spacial score (nSPS) is 5.69. The fourth-order valence-corrected chi connectivity index (χ4v) is 0.118. The third-order valence-corrected chi connectivity index (χ3v) is 0.289. The zero-order valence-corrected chi connectivity index (χ0v) is 8.46. The highest BCUT2D eigenvalue weighted by Gasteiger charge is 1.81. The van der Waals surface area contributed by atoms with Crippen LogP contribution in [-0.4, -0.2) is 18.5 Å². The second-order valence-electron chi connectivity index (χ2n) is 1.21. The molecular weight excluding hydrogens is 182 g/mol. The molecule has 0 spiro atoms. The van der Waals surface area contributed by atoms with Gasteiger partial charge in [-0.3, -0.25) is 0 Å². The van der Waals surface area contributed by atoms with E-state index in [1.807, 2.05) is 0 Å². The zero-order chi connectivity index (χ0) is 8.57. The summed E-state index contributed by atoms with van der Waals surface area (Å²) in [5, 5.41) is 27.5. The van der Waals surface area contributed by atoms with Crippen molar-refractivity contribution in [3.63, 3.8) is 0 Å². The van der Waals surface area contributed by atoms with E-state index in [1.165, 1.54) is 0 Å². The first-order chi connectivity index (χ1) is 4.54. The van der Waals surface area contributed by atoms with Crippen LogP contribution >= 0.6 is 0 Å². The Morgan fingerprint density at radius 3 is 1.15 bits per heavy atom. The van der Waals surface area contributed by atoms with E-state index in [2.05, 4.69) is 0 Å². The van der Waals surface area contributed by atoms with Gasteiger partial charge in [-0.1, -0.05) is 6.92 Å². The molecule has 0 heterocycles. The average Bonchev–Trinajstić information content (AvgIpc) is 1.62. The summed E-state index contributed by atoms with van der Waals surface area (Å²) in [6, 6.07) is 0. The molecule has 0 aromatic rings. The molecule has 0 fully saturated rings. The molecule has 0 aliphatic heterocycles. The van der Waals surface area contributed by atoms with Gasteiger partial charge in [0.15, 0.2) is 0 Å². The third kappa shape index (κ3) is 108. The standard InChI is InChI=1S/C3H4O4.C2H5O.3H3N/c4-2(5)1-3(6)7;1-2-3;;;/h1H2,(H,4,5)(H,6,7);2H2,1H3;3*1H3/q;-1;;;/p+1. The van der Waals surface area contributed by atoms with Gasteiger partial charge in [-0.2, -0.15) is 0 Å². The number of carboxylic acids is 2. The molecule has 0 saturated carbocycles. The summed E-state index contributed by atoms with van der Waals surface area (Å²) in [7, 11) is 0. The molecule has 8 nitrogen and oxygen atoms in total. The Morgan fingerprint density at radius 1 is 1.00 bits per heavy atom. The second kappa shape index (κ2) is 22.4. The molecule has 0 atom stereocenters. The lowest BCUT2D eigenvalue weighted by molar-refractivity contribution is -0.361. The number of carbonyl (C=O) groups is 2. The second-order valence-corrected chi connectivity index (χ2v) is 1.21. The smallest absolute Gasteiger partial charge is 0.0470 e. The van der Waals surface area contributed by atoms with Gasteiger partial charge >= 0.3 is 0 Å². The lowest BCUT2D eigenvalue weighted by Gasteiger charge is -1.99. The number of carboxylic acid groups (broad SMARTS) is 2. The van der Waals surface area contributed by atoms with Crippen molar-refractivity contribution in [1.82, 2.24) is 18.5 Å². The van der Waals surface area contributed by atoms with Crippen LogP contribution in [0.2, 0.25) is 0 Å². The molecule has 0 aromatic heterocycles. The Labute approximate surface area is 76.3 Å². The van der Waals surface area contributed by atoms with E-state index in [-0.39, 0.29) is 25.1 Å². The predicted octanol–water partition coefficient (Wildman–Crippen LogP) is -2.63. The minimum atomic E-state index is -1.63. The van der Waals surface area contributed by atoms with Gasteiger partial charge < -0.3 is 43.4 Å². The van der Waals surface area contributed by atoms with Crippen molar-refractivity contribution in [2.24, 2.45) is 0 Å². The fourth-order valence-electron chi connectivity index (χ4n) is 0.118. The van der Waals surface area contributed by atoms with Crippen molar-refractivity contribution in [2.45, 2.75) is 13.3 Å². The number of aliphatic carboxylic acids is 2. The topological polar surface area (TPSA) is 213 Å². The summed E-state index contributed by atoms with van der Waals surface area (Å²) in [5.74, 6) is -3.25. The van der Waals surface area contributed by atoms with Crippen molar-refractivity contribution in [2.75, 3.05) is 6.61 Å². The van der Waals surface area contributed by atoms with Crippen LogP contribution in [0.25, 0.3) is 0 Å². The van der Waals surface area contributed by atoms with Crippen LogP contribution in [0.4, 0.5) is 0 Å². The highest BCUT2D eigenvalue weighted by molar-refractivity contribution is 5.86. The molecule has 0 rings (SSSR count). The molecule has 0 aliphatic carbocycles. The minimum absolute atomic E-state index is 0. The molecular formula is C5H19N3O5. The minimum Gasteiger partial charge on any atom is -0.855 e. The number of hydrogen-bond acceptors (Lipinski definition) is 5. The van der Waals surface area contributed by atoms with E-state index in [0.717, 1.165) is 0 Å². The number of carbonyl (C=O) groups excluding carboxylic acids is 2. The highest BCUT2D eigenvalue weighted by atomic mass is 16.4. The van der Waals surface area contributed by atoms with Crippen molar-refractivity contribution in [3.8, 4) is 0 Å². The van der Waals surface area contributed by atoms with Gasteiger partial charge in [0, 0.05) is 18.4 Å². The Morgan fingerprint density at radius 2 is 1.15 bits per heavy atom. The van der Waals surface area contributed by atoms with Gasteiger partial charge in [0.25, 0.3) is 0 Å². The molecule has 12 N–H and O–H groups in total. The maximum Gasteiger partial charge on any atom is 0.0470 e. The molecule has 0 aromatic carbocycles. The molecule has 0 bridgehead atoms. The summed E-state index contributed by atoms with van der Waals surface area (Å²) in [6.07, 6.45) is -1.03. The third-order valence-electron chi connectivity index (χ3n) is 0.289. The Balaban J connectivity index is -0.0000000320. The fraction of sp³-hybridized carbons (Fsp3) is 0.600. The maximum absolute atomic E-state index is 9.28. The summed E-state index contributed by atoms with van der Waals surface area (Å²) >= 11 is 0. The van der Waals surface area contributed by atoms with Crippen LogP contribution in [0, 0.1) is 0 Å². The first-order valence-corrected chi connectivity index (χ1v) is 2.52. The van der Waals surface area contributed by atoms with Gasteiger partial charge in [0.1, 0.15) is 0 Å². The van der Waals surface area contributed by atoms with Crippen molar-refractivity contribution in [3.05, 3.63) is 0 Å². The van der Waals surface area contributed by atoms with E-state index < -0.39 is 18.4 Å². The summed E-state index contributed by atoms with van der Waals surface area (Å²) < 4.78 is 0. The van der Waals surface area contributed by atoms with Gasteiger partial charge in [-0.05, 0) is 0 Å². The van der Waals surface area contributed by atoms with E-state index in [9.17, 15) is 19.8 Å². The summed E-state index contributed by atoms with van der Waals surface area (Å²) in [5.41, 5.74) is 0. The average molecular weight is 201 g/mol. The van der Waals surface area contributed by atoms with Crippen LogP contribution in [0.3, 0.4) is 0 Å². The van der Waals surface area contributed by atoms with Crippen LogP contribution in [0.1, 0.15) is 13.3 Å². The summed E-state index contributed by atoms with van der Waals surface area (Å²) in [4.78, 5) is 18.6. The molecule has 13 heavy (non-hydrogen) atoms. The van der Waals surface area contributed by atoms with Crippen LogP contribution < -0.4 is 33.8 Å². The molecule has 0 unspecified atom stereocenters. The molecule has 0 amide bonds. The van der Waals surface area contributed by atoms with Gasteiger partial charge in [-0.15, -0.1) is 6.61 Å². The van der Waals surface area contributed by atoms with E-state index >= 15 is 0 Å². The Bertz CT molecular complexity index is 107. The van der Waals surface area contributed by atoms with Crippen molar-refractivity contribution < 1.29 is 24.9 Å². The summed E-state index contributed by atoms with van der Waals surface area (Å²) in [6.45, 7) is 1.57. The highest BCUT2D eigenvalue weighted by Crippen LogP contribution is 1.66.